The highest BCUT2D eigenvalue weighted by molar-refractivity contribution is 8.23. The van der Waals surface area contributed by atoms with Crippen molar-refractivity contribution in [3.05, 3.63) is 59.6 Å². The summed E-state index contributed by atoms with van der Waals surface area (Å²) < 4.78 is 0.721. The van der Waals surface area contributed by atoms with Gasteiger partial charge in [-0.3, -0.25) is 0 Å². The number of anilines is 1. The highest BCUT2D eigenvalue weighted by atomic mass is 35.5. The molecule has 4 heteroatoms. The molecule has 0 heterocycles. The van der Waals surface area contributed by atoms with Gasteiger partial charge in [0, 0.05) is 15.6 Å². The van der Waals surface area contributed by atoms with E-state index in [9.17, 15) is 0 Å². The van der Waals surface area contributed by atoms with E-state index in [2.05, 4.69) is 5.32 Å². The van der Waals surface area contributed by atoms with Crippen LogP contribution in [0, 0.1) is 0 Å². The number of benzene rings is 2. The van der Waals surface area contributed by atoms with E-state index in [0.717, 1.165) is 19.9 Å². The zero-order valence-electron chi connectivity index (χ0n) is 8.89. The van der Waals surface area contributed by atoms with Crippen LogP contribution in [0.4, 0.5) is 5.69 Å². The summed E-state index contributed by atoms with van der Waals surface area (Å²) in [5.41, 5.74) is 0.999. The van der Waals surface area contributed by atoms with E-state index in [-0.39, 0.29) is 0 Å². The lowest BCUT2D eigenvalue weighted by molar-refractivity contribution is 1.47. The Morgan fingerprint density at radius 1 is 1.00 bits per heavy atom. The Balaban J connectivity index is 1.96. The molecule has 2 rings (SSSR count). The van der Waals surface area contributed by atoms with Crippen LogP contribution in [0.1, 0.15) is 0 Å². The molecule has 0 spiro atoms. The second-order valence-corrected chi connectivity index (χ2v) is 5.52. The summed E-state index contributed by atoms with van der Waals surface area (Å²) in [7, 11) is 0. The van der Waals surface area contributed by atoms with Gasteiger partial charge in [0.1, 0.15) is 4.32 Å². The first-order chi connectivity index (χ1) is 8.24. The monoisotopic (exact) mass is 279 g/mol. The number of thioether (sulfide) groups is 1. The molecule has 0 radical (unpaired) electrons. The molecule has 0 aliphatic heterocycles. The van der Waals surface area contributed by atoms with E-state index < -0.39 is 0 Å². The molecule has 0 aliphatic rings. The van der Waals surface area contributed by atoms with Crippen LogP contribution in [-0.2, 0) is 0 Å². The molecule has 2 aromatic rings. The van der Waals surface area contributed by atoms with Gasteiger partial charge in [-0.15, -0.1) is 0 Å². The third kappa shape index (κ3) is 4.04. The molecule has 0 unspecified atom stereocenters. The molecule has 0 saturated carbocycles. The standard InChI is InChI=1S/C13H10ClNS2/c14-10-6-8-12(9-7-10)17-13(16)15-11-4-2-1-3-5-11/h1-9H,(H,15,16). The van der Waals surface area contributed by atoms with Gasteiger partial charge in [0.05, 0.1) is 0 Å². The Morgan fingerprint density at radius 2 is 1.65 bits per heavy atom. The predicted octanol–water partition coefficient (Wildman–Crippen LogP) is 4.83. The van der Waals surface area contributed by atoms with Gasteiger partial charge in [-0.05, 0) is 36.4 Å². The number of para-hydroxylation sites is 1. The average Bonchev–Trinajstić information content (AvgIpc) is 2.33. The average molecular weight is 280 g/mol. The van der Waals surface area contributed by atoms with Crippen LogP contribution < -0.4 is 5.32 Å². The van der Waals surface area contributed by atoms with E-state index in [0.29, 0.717) is 0 Å². The molecule has 0 amide bonds. The van der Waals surface area contributed by atoms with Crippen molar-refractivity contribution in [3.63, 3.8) is 0 Å². The number of rotatable bonds is 2. The Hall–Kier alpha value is -1.03. The zero-order chi connectivity index (χ0) is 12.1. The number of nitrogens with one attached hydrogen (secondary N) is 1. The van der Waals surface area contributed by atoms with Gasteiger partial charge in [0.15, 0.2) is 0 Å². The zero-order valence-corrected chi connectivity index (χ0v) is 11.3. The van der Waals surface area contributed by atoms with Crippen LogP contribution in [0.2, 0.25) is 5.02 Å². The van der Waals surface area contributed by atoms with E-state index in [4.69, 9.17) is 23.8 Å². The van der Waals surface area contributed by atoms with Gasteiger partial charge >= 0.3 is 0 Å². The van der Waals surface area contributed by atoms with Crippen molar-refractivity contribution in [1.29, 1.82) is 0 Å². The van der Waals surface area contributed by atoms with Crippen molar-refractivity contribution in [3.8, 4) is 0 Å². The largest absolute Gasteiger partial charge is 0.341 e. The normalized spacial score (nSPS) is 9.94. The summed E-state index contributed by atoms with van der Waals surface area (Å²) in [5.74, 6) is 0. The fourth-order valence-corrected chi connectivity index (χ4v) is 2.46. The Bertz CT molecular complexity index is 497. The lowest BCUT2D eigenvalue weighted by Gasteiger charge is -2.07. The predicted molar refractivity (Wildman–Crippen MR) is 80.0 cm³/mol. The van der Waals surface area contributed by atoms with Gasteiger partial charge in [0.2, 0.25) is 0 Å². The van der Waals surface area contributed by atoms with Crippen molar-refractivity contribution < 1.29 is 0 Å². The van der Waals surface area contributed by atoms with E-state index in [1.54, 1.807) is 0 Å². The van der Waals surface area contributed by atoms with Crippen molar-refractivity contribution >= 4 is 45.6 Å². The third-order valence-electron chi connectivity index (χ3n) is 2.04. The molecule has 86 valence electrons. The van der Waals surface area contributed by atoms with Crippen LogP contribution in [0.3, 0.4) is 0 Å². The summed E-state index contributed by atoms with van der Waals surface area (Å²) in [5, 5.41) is 3.90. The van der Waals surface area contributed by atoms with Gasteiger partial charge in [-0.2, -0.15) is 0 Å². The minimum atomic E-state index is 0.721. The fraction of sp³-hybridized carbons (Fsp3) is 0. The van der Waals surface area contributed by atoms with Gasteiger partial charge < -0.3 is 5.32 Å². The second kappa shape index (κ2) is 6.05. The highest BCUT2D eigenvalue weighted by Gasteiger charge is 2.00. The lowest BCUT2D eigenvalue weighted by Crippen LogP contribution is -2.03. The molecular formula is C13H10ClNS2. The van der Waals surface area contributed by atoms with E-state index >= 15 is 0 Å². The quantitative estimate of drug-likeness (QED) is 0.625. The number of thiocarbonyl (C=S) groups is 1. The summed E-state index contributed by atoms with van der Waals surface area (Å²) in [4.78, 5) is 1.07. The third-order valence-corrected chi connectivity index (χ3v) is 3.44. The molecular weight excluding hydrogens is 270 g/mol. The van der Waals surface area contributed by atoms with Crippen LogP contribution in [0.5, 0.6) is 0 Å². The van der Waals surface area contributed by atoms with Crippen molar-refractivity contribution in [2.45, 2.75) is 4.90 Å². The smallest absolute Gasteiger partial charge is 0.143 e. The van der Waals surface area contributed by atoms with E-state index in [1.165, 1.54) is 11.8 Å². The first-order valence-corrected chi connectivity index (χ1v) is 6.64. The maximum atomic E-state index is 5.82. The van der Waals surface area contributed by atoms with Crippen LogP contribution >= 0.6 is 35.6 Å². The van der Waals surface area contributed by atoms with Crippen LogP contribution in [-0.4, -0.2) is 4.32 Å². The molecule has 1 nitrogen and oxygen atoms in total. The SMILES string of the molecule is S=C(Nc1ccccc1)Sc1ccc(Cl)cc1. The van der Waals surface area contributed by atoms with Gasteiger partial charge in [0.25, 0.3) is 0 Å². The lowest BCUT2D eigenvalue weighted by atomic mass is 10.3. The first kappa shape index (κ1) is 12.4. The molecule has 0 atom stereocenters. The molecule has 0 aromatic heterocycles. The number of hydrogen-bond acceptors (Lipinski definition) is 2. The molecule has 17 heavy (non-hydrogen) atoms. The number of hydrogen-bond donors (Lipinski definition) is 1. The molecule has 0 saturated heterocycles. The molecule has 0 bridgehead atoms. The molecule has 1 N–H and O–H groups in total. The Labute approximate surface area is 115 Å². The Kier molecular flexibility index (Phi) is 4.42. The van der Waals surface area contributed by atoms with Gasteiger partial charge in [-0.25, -0.2) is 0 Å². The first-order valence-electron chi connectivity index (χ1n) is 5.03. The number of halogens is 1. The summed E-state index contributed by atoms with van der Waals surface area (Å²) in [6, 6.07) is 17.5. The maximum Gasteiger partial charge on any atom is 0.143 e. The maximum absolute atomic E-state index is 5.82. The topological polar surface area (TPSA) is 12.0 Å². The van der Waals surface area contributed by atoms with Crippen LogP contribution in [0.15, 0.2) is 59.5 Å². The summed E-state index contributed by atoms with van der Waals surface area (Å²) in [6.07, 6.45) is 0. The van der Waals surface area contributed by atoms with E-state index in [1.807, 2.05) is 54.6 Å². The minimum Gasteiger partial charge on any atom is -0.341 e. The van der Waals surface area contributed by atoms with Crippen molar-refractivity contribution in [2.75, 3.05) is 5.32 Å². The van der Waals surface area contributed by atoms with Gasteiger partial charge in [-0.1, -0.05) is 53.8 Å². The van der Waals surface area contributed by atoms with Crippen molar-refractivity contribution in [1.82, 2.24) is 0 Å². The van der Waals surface area contributed by atoms with Crippen LogP contribution in [0.25, 0.3) is 0 Å². The minimum absolute atomic E-state index is 0.721. The summed E-state index contributed by atoms with van der Waals surface area (Å²) in [6.45, 7) is 0. The summed E-state index contributed by atoms with van der Waals surface area (Å²) >= 11 is 12.6. The molecule has 2 aromatic carbocycles. The highest BCUT2D eigenvalue weighted by Crippen LogP contribution is 2.22. The Morgan fingerprint density at radius 3 is 2.29 bits per heavy atom. The molecule has 0 aliphatic carbocycles. The fourth-order valence-electron chi connectivity index (χ4n) is 1.27. The molecule has 0 fully saturated rings. The second-order valence-electron chi connectivity index (χ2n) is 3.33. The van der Waals surface area contributed by atoms with Crippen molar-refractivity contribution in [2.24, 2.45) is 0 Å².